The standard InChI is InChI=1S/C17H18N4O4/c1-10-19-15(20-25-10)6-7-21(2)17(23)13-9-18-14-5-4-11(24-3)8-12(14)16(13)22/h4-5,8-9H,6-7H2,1-3H3,(H,18,22). The summed E-state index contributed by atoms with van der Waals surface area (Å²) in [4.78, 5) is 33.8. The Bertz CT molecular complexity index is 976. The normalized spacial score (nSPS) is 10.8. The Labute approximate surface area is 143 Å². The lowest BCUT2D eigenvalue weighted by molar-refractivity contribution is 0.0794. The number of benzene rings is 1. The van der Waals surface area contributed by atoms with Crippen LogP contribution in [-0.4, -0.2) is 46.6 Å². The summed E-state index contributed by atoms with van der Waals surface area (Å²) in [5, 5.41) is 4.20. The number of pyridine rings is 1. The van der Waals surface area contributed by atoms with Crippen LogP contribution in [0.5, 0.6) is 5.75 Å². The van der Waals surface area contributed by atoms with Crippen molar-refractivity contribution in [2.24, 2.45) is 0 Å². The van der Waals surface area contributed by atoms with Gasteiger partial charge in [0.15, 0.2) is 5.82 Å². The summed E-state index contributed by atoms with van der Waals surface area (Å²) in [6.45, 7) is 2.07. The molecule has 8 heteroatoms. The van der Waals surface area contributed by atoms with Crippen LogP contribution in [0.3, 0.4) is 0 Å². The molecule has 0 aliphatic carbocycles. The van der Waals surface area contributed by atoms with Crippen LogP contribution in [0.4, 0.5) is 0 Å². The predicted octanol–water partition coefficient (Wildman–Crippen LogP) is 1.54. The highest BCUT2D eigenvalue weighted by Gasteiger charge is 2.18. The van der Waals surface area contributed by atoms with Crippen molar-refractivity contribution < 1.29 is 14.1 Å². The lowest BCUT2D eigenvalue weighted by atomic mass is 10.1. The number of ether oxygens (including phenoxy) is 1. The van der Waals surface area contributed by atoms with Crippen molar-refractivity contribution in [3.8, 4) is 5.75 Å². The Hall–Kier alpha value is -3.16. The maximum atomic E-state index is 12.7. The highest BCUT2D eigenvalue weighted by Crippen LogP contribution is 2.17. The van der Waals surface area contributed by atoms with Gasteiger partial charge in [-0.3, -0.25) is 9.59 Å². The van der Waals surface area contributed by atoms with Gasteiger partial charge in [0.1, 0.15) is 11.3 Å². The van der Waals surface area contributed by atoms with Gasteiger partial charge >= 0.3 is 0 Å². The van der Waals surface area contributed by atoms with Crippen molar-refractivity contribution in [3.05, 3.63) is 51.9 Å². The molecule has 0 bridgehead atoms. The molecular weight excluding hydrogens is 324 g/mol. The van der Waals surface area contributed by atoms with Crippen LogP contribution in [0.1, 0.15) is 22.1 Å². The Morgan fingerprint density at radius 3 is 2.88 bits per heavy atom. The summed E-state index contributed by atoms with van der Waals surface area (Å²) < 4.78 is 10.0. The van der Waals surface area contributed by atoms with Crippen LogP contribution in [0.15, 0.2) is 33.7 Å². The number of nitrogens with one attached hydrogen (secondary N) is 1. The molecule has 130 valence electrons. The lowest BCUT2D eigenvalue weighted by Crippen LogP contribution is -2.32. The zero-order chi connectivity index (χ0) is 18.0. The summed E-state index contributed by atoms with van der Waals surface area (Å²) in [5.41, 5.74) is 0.389. The zero-order valence-electron chi connectivity index (χ0n) is 14.2. The van der Waals surface area contributed by atoms with E-state index in [-0.39, 0.29) is 16.9 Å². The predicted molar refractivity (Wildman–Crippen MR) is 90.8 cm³/mol. The molecule has 1 aromatic carbocycles. The second kappa shape index (κ2) is 6.76. The highest BCUT2D eigenvalue weighted by molar-refractivity contribution is 5.97. The summed E-state index contributed by atoms with van der Waals surface area (Å²) in [6.07, 6.45) is 1.88. The number of fused-ring (bicyclic) bond motifs is 1. The second-order valence-electron chi connectivity index (χ2n) is 5.65. The SMILES string of the molecule is COc1ccc2[nH]cc(C(=O)N(C)CCc3noc(C)n3)c(=O)c2c1. The van der Waals surface area contributed by atoms with Crippen LogP contribution < -0.4 is 10.2 Å². The highest BCUT2D eigenvalue weighted by atomic mass is 16.5. The number of methoxy groups -OCH3 is 1. The first-order valence-electron chi connectivity index (χ1n) is 7.73. The molecule has 0 fully saturated rings. The van der Waals surface area contributed by atoms with Crippen molar-refractivity contribution in [1.82, 2.24) is 20.0 Å². The summed E-state index contributed by atoms with van der Waals surface area (Å²) in [5.74, 6) is 1.19. The molecule has 25 heavy (non-hydrogen) atoms. The van der Waals surface area contributed by atoms with Crippen molar-refractivity contribution in [1.29, 1.82) is 0 Å². The van der Waals surface area contributed by atoms with Gasteiger partial charge in [-0.15, -0.1) is 0 Å². The van der Waals surface area contributed by atoms with E-state index in [9.17, 15) is 9.59 Å². The molecule has 0 radical (unpaired) electrons. The fraction of sp³-hybridized carbons (Fsp3) is 0.294. The van der Waals surface area contributed by atoms with E-state index >= 15 is 0 Å². The minimum atomic E-state index is -0.369. The Kier molecular flexibility index (Phi) is 4.51. The number of hydrogen-bond acceptors (Lipinski definition) is 6. The van der Waals surface area contributed by atoms with Crippen molar-refractivity contribution in [3.63, 3.8) is 0 Å². The number of carbonyl (C=O) groups is 1. The van der Waals surface area contributed by atoms with Gasteiger partial charge in [-0.1, -0.05) is 5.16 Å². The Balaban J connectivity index is 1.83. The molecule has 2 heterocycles. The lowest BCUT2D eigenvalue weighted by Gasteiger charge is -2.16. The van der Waals surface area contributed by atoms with E-state index in [1.165, 1.54) is 18.2 Å². The smallest absolute Gasteiger partial charge is 0.259 e. The molecule has 0 unspecified atom stereocenters. The molecule has 1 N–H and O–H groups in total. The zero-order valence-corrected chi connectivity index (χ0v) is 14.2. The van der Waals surface area contributed by atoms with E-state index in [2.05, 4.69) is 15.1 Å². The monoisotopic (exact) mass is 342 g/mol. The molecule has 0 aliphatic rings. The minimum absolute atomic E-state index is 0.0764. The van der Waals surface area contributed by atoms with E-state index < -0.39 is 0 Å². The van der Waals surface area contributed by atoms with Gasteiger partial charge in [0, 0.05) is 44.0 Å². The fourth-order valence-corrected chi connectivity index (χ4v) is 2.50. The second-order valence-corrected chi connectivity index (χ2v) is 5.65. The van der Waals surface area contributed by atoms with E-state index in [1.807, 2.05) is 0 Å². The third-order valence-corrected chi connectivity index (χ3v) is 3.91. The molecule has 0 saturated heterocycles. The number of likely N-dealkylation sites (N-methyl/N-ethyl adjacent to an activating group) is 1. The maximum absolute atomic E-state index is 12.7. The fourth-order valence-electron chi connectivity index (χ4n) is 2.50. The quantitative estimate of drug-likeness (QED) is 0.755. The molecule has 0 saturated carbocycles. The summed E-state index contributed by atoms with van der Waals surface area (Å²) in [6, 6.07) is 5.11. The van der Waals surface area contributed by atoms with E-state index in [0.29, 0.717) is 41.3 Å². The molecule has 0 atom stereocenters. The van der Waals surface area contributed by atoms with Gasteiger partial charge in [-0.25, -0.2) is 0 Å². The minimum Gasteiger partial charge on any atom is -0.497 e. The number of nitrogens with zero attached hydrogens (tertiary/aromatic N) is 3. The number of aryl methyl sites for hydroxylation is 1. The van der Waals surface area contributed by atoms with Gasteiger partial charge in [0.25, 0.3) is 5.91 Å². The number of aromatic nitrogens is 3. The number of hydrogen-bond donors (Lipinski definition) is 1. The maximum Gasteiger partial charge on any atom is 0.259 e. The van der Waals surface area contributed by atoms with E-state index in [0.717, 1.165) is 0 Å². The topological polar surface area (TPSA) is 101 Å². The van der Waals surface area contributed by atoms with Crippen molar-refractivity contribution >= 4 is 16.8 Å². The molecule has 2 aromatic heterocycles. The first-order valence-corrected chi connectivity index (χ1v) is 7.73. The van der Waals surface area contributed by atoms with Gasteiger partial charge in [-0.05, 0) is 18.2 Å². The molecule has 3 aromatic rings. The van der Waals surface area contributed by atoms with E-state index in [1.54, 1.807) is 32.2 Å². The molecule has 8 nitrogen and oxygen atoms in total. The van der Waals surface area contributed by atoms with Crippen LogP contribution >= 0.6 is 0 Å². The Morgan fingerprint density at radius 1 is 1.40 bits per heavy atom. The van der Waals surface area contributed by atoms with Crippen LogP contribution in [0.2, 0.25) is 0 Å². The van der Waals surface area contributed by atoms with Gasteiger partial charge in [0.2, 0.25) is 11.3 Å². The summed E-state index contributed by atoms with van der Waals surface area (Å²) in [7, 11) is 3.16. The van der Waals surface area contributed by atoms with Crippen LogP contribution in [0, 0.1) is 6.92 Å². The number of rotatable bonds is 5. The van der Waals surface area contributed by atoms with E-state index in [4.69, 9.17) is 9.26 Å². The van der Waals surface area contributed by atoms with Gasteiger partial charge in [0.05, 0.1) is 7.11 Å². The average molecular weight is 342 g/mol. The average Bonchev–Trinajstić information content (AvgIpc) is 3.04. The van der Waals surface area contributed by atoms with Gasteiger partial charge in [-0.2, -0.15) is 4.98 Å². The first kappa shape index (κ1) is 16.7. The van der Waals surface area contributed by atoms with Crippen molar-refractivity contribution in [2.45, 2.75) is 13.3 Å². The van der Waals surface area contributed by atoms with Crippen LogP contribution in [0.25, 0.3) is 10.9 Å². The largest absolute Gasteiger partial charge is 0.497 e. The first-order chi connectivity index (χ1) is 12.0. The number of amides is 1. The number of aromatic amines is 1. The summed E-state index contributed by atoms with van der Waals surface area (Å²) >= 11 is 0. The molecule has 0 aliphatic heterocycles. The number of H-pyrrole nitrogens is 1. The van der Waals surface area contributed by atoms with Crippen LogP contribution in [-0.2, 0) is 6.42 Å². The molecule has 3 rings (SSSR count). The van der Waals surface area contributed by atoms with Crippen molar-refractivity contribution in [2.75, 3.05) is 20.7 Å². The van der Waals surface area contributed by atoms with Gasteiger partial charge < -0.3 is 19.1 Å². The molecular formula is C17H18N4O4. The Morgan fingerprint density at radius 2 is 2.20 bits per heavy atom. The molecule has 1 amide bonds. The number of carbonyl (C=O) groups excluding carboxylic acids is 1. The third kappa shape index (κ3) is 3.37. The molecule has 0 spiro atoms. The third-order valence-electron chi connectivity index (χ3n) is 3.91.